The minimum absolute atomic E-state index is 0.339. The van der Waals surface area contributed by atoms with Gasteiger partial charge in [0, 0.05) is 30.9 Å². The molecule has 0 unspecified atom stereocenters. The van der Waals surface area contributed by atoms with E-state index in [2.05, 4.69) is 15.6 Å². The molecule has 0 aliphatic heterocycles. The molecule has 1 aliphatic carbocycles. The van der Waals surface area contributed by atoms with Gasteiger partial charge in [0.25, 0.3) is 0 Å². The summed E-state index contributed by atoms with van der Waals surface area (Å²) in [5.74, 6) is 2.33. The number of nitrogens with one attached hydrogen (secondary N) is 2. The molecule has 0 saturated heterocycles. The van der Waals surface area contributed by atoms with Gasteiger partial charge in [-0.1, -0.05) is 6.07 Å². The van der Waals surface area contributed by atoms with Crippen LogP contribution in [-0.4, -0.2) is 31.8 Å². The number of methoxy groups -OCH3 is 1. The number of hydrogen-bond acceptors (Lipinski definition) is 4. The Morgan fingerprint density at radius 3 is 2.71 bits per heavy atom. The maximum absolute atomic E-state index is 10.4. The van der Waals surface area contributed by atoms with E-state index >= 15 is 0 Å². The van der Waals surface area contributed by atoms with Crippen molar-refractivity contribution in [3.63, 3.8) is 0 Å². The van der Waals surface area contributed by atoms with Gasteiger partial charge in [-0.25, -0.2) is 0 Å². The minimum Gasteiger partial charge on any atom is -0.508 e. The van der Waals surface area contributed by atoms with Gasteiger partial charge < -0.3 is 25.2 Å². The number of aryl methyl sites for hydroxylation is 1. The van der Waals surface area contributed by atoms with Gasteiger partial charge in [-0.2, -0.15) is 0 Å². The van der Waals surface area contributed by atoms with Crippen molar-refractivity contribution >= 4 is 11.6 Å². The maximum atomic E-state index is 10.4. The molecular formula is C22H29N3O3. The Bertz CT molecular complexity index is 849. The van der Waals surface area contributed by atoms with Crippen molar-refractivity contribution in [1.82, 2.24) is 5.32 Å². The standard InChI is InChI=1S/C22H29N3O3/c1-4-28-20-12-10-16(13-21(20)27-3)25-22(23-2)24-14-18-17-8-6-5-7-15(17)9-11-19(18)26/h9-13,26H,4-8,14H2,1-3H3,(H2,23,24,25). The van der Waals surface area contributed by atoms with Gasteiger partial charge in [0.1, 0.15) is 5.75 Å². The summed E-state index contributed by atoms with van der Waals surface area (Å²) >= 11 is 0. The molecule has 2 aromatic carbocycles. The van der Waals surface area contributed by atoms with E-state index in [9.17, 15) is 5.11 Å². The number of anilines is 1. The highest BCUT2D eigenvalue weighted by atomic mass is 16.5. The molecule has 0 bridgehead atoms. The number of rotatable bonds is 6. The number of phenolic OH excluding ortho intramolecular Hbond substituents is 1. The van der Waals surface area contributed by atoms with Crippen LogP contribution in [0.1, 0.15) is 36.5 Å². The first-order valence-electron chi connectivity index (χ1n) is 9.77. The first kappa shape index (κ1) is 19.9. The fourth-order valence-electron chi connectivity index (χ4n) is 3.60. The normalized spacial score (nSPS) is 13.6. The van der Waals surface area contributed by atoms with E-state index in [1.54, 1.807) is 20.2 Å². The quantitative estimate of drug-likeness (QED) is 0.522. The third-order valence-electron chi connectivity index (χ3n) is 5.01. The van der Waals surface area contributed by atoms with E-state index in [0.717, 1.165) is 24.1 Å². The topological polar surface area (TPSA) is 75.1 Å². The van der Waals surface area contributed by atoms with Crippen LogP contribution in [0.25, 0.3) is 0 Å². The number of nitrogens with zero attached hydrogens (tertiary/aromatic N) is 1. The van der Waals surface area contributed by atoms with Gasteiger partial charge in [0.05, 0.1) is 13.7 Å². The summed E-state index contributed by atoms with van der Waals surface area (Å²) in [5, 5.41) is 16.9. The summed E-state index contributed by atoms with van der Waals surface area (Å²) in [4.78, 5) is 4.30. The molecule has 0 radical (unpaired) electrons. The van der Waals surface area contributed by atoms with Crippen molar-refractivity contribution in [2.75, 3.05) is 26.1 Å². The Morgan fingerprint density at radius 1 is 1.14 bits per heavy atom. The smallest absolute Gasteiger partial charge is 0.195 e. The number of hydrogen-bond donors (Lipinski definition) is 3. The third kappa shape index (κ3) is 4.50. The summed E-state index contributed by atoms with van der Waals surface area (Å²) in [6.45, 7) is 3.04. The van der Waals surface area contributed by atoms with E-state index < -0.39 is 0 Å². The molecule has 0 fully saturated rings. The number of aromatic hydroxyl groups is 1. The van der Waals surface area contributed by atoms with Crippen LogP contribution in [0, 0.1) is 0 Å². The zero-order valence-electron chi connectivity index (χ0n) is 16.8. The van der Waals surface area contributed by atoms with Crippen LogP contribution in [0.4, 0.5) is 5.69 Å². The number of aliphatic imine (C=N–C) groups is 1. The second-order valence-corrected chi connectivity index (χ2v) is 6.76. The largest absolute Gasteiger partial charge is 0.508 e. The molecule has 0 saturated carbocycles. The van der Waals surface area contributed by atoms with Crippen molar-refractivity contribution in [3.05, 3.63) is 47.0 Å². The minimum atomic E-state index is 0.339. The van der Waals surface area contributed by atoms with Crippen molar-refractivity contribution < 1.29 is 14.6 Å². The second-order valence-electron chi connectivity index (χ2n) is 6.76. The molecule has 150 valence electrons. The number of benzene rings is 2. The zero-order chi connectivity index (χ0) is 19.9. The van der Waals surface area contributed by atoms with Gasteiger partial charge in [0.2, 0.25) is 0 Å². The number of fused-ring (bicyclic) bond motifs is 1. The van der Waals surface area contributed by atoms with Crippen LogP contribution >= 0.6 is 0 Å². The summed E-state index contributed by atoms with van der Waals surface area (Å²) in [5.41, 5.74) is 4.43. The maximum Gasteiger partial charge on any atom is 0.195 e. The van der Waals surface area contributed by atoms with Crippen molar-refractivity contribution in [3.8, 4) is 17.2 Å². The van der Waals surface area contributed by atoms with Crippen LogP contribution in [0.2, 0.25) is 0 Å². The highest BCUT2D eigenvalue weighted by Gasteiger charge is 2.16. The average molecular weight is 383 g/mol. The fraction of sp³-hybridized carbons (Fsp3) is 0.409. The monoisotopic (exact) mass is 383 g/mol. The van der Waals surface area contributed by atoms with Gasteiger partial charge >= 0.3 is 0 Å². The van der Waals surface area contributed by atoms with Crippen molar-refractivity contribution in [2.45, 2.75) is 39.2 Å². The van der Waals surface area contributed by atoms with E-state index in [4.69, 9.17) is 9.47 Å². The molecule has 0 aromatic heterocycles. The Hall–Kier alpha value is -2.89. The second kappa shape index (κ2) is 9.35. The summed E-state index contributed by atoms with van der Waals surface area (Å²) in [6.07, 6.45) is 4.49. The van der Waals surface area contributed by atoms with E-state index in [1.807, 2.05) is 31.2 Å². The van der Waals surface area contributed by atoms with Gasteiger partial charge in [0.15, 0.2) is 17.5 Å². The van der Waals surface area contributed by atoms with E-state index in [0.29, 0.717) is 36.4 Å². The molecule has 0 amide bonds. The van der Waals surface area contributed by atoms with Crippen LogP contribution < -0.4 is 20.1 Å². The van der Waals surface area contributed by atoms with Crippen molar-refractivity contribution in [2.24, 2.45) is 4.99 Å². The molecular weight excluding hydrogens is 354 g/mol. The number of guanidine groups is 1. The Morgan fingerprint density at radius 2 is 1.96 bits per heavy atom. The average Bonchev–Trinajstić information content (AvgIpc) is 2.73. The first-order chi connectivity index (χ1) is 13.7. The van der Waals surface area contributed by atoms with Crippen molar-refractivity contribution in [1.29, 1.82) is 0 Å². The predicted octanol–water partition coefficient (Wildman–Crippen LogP) is 3.87. The van der Waals surface area contributed by atoms with E-state index in [-0.39, 0.29) is 0 Å². The predicted molar refractivity (Wildman–Crippen MR) is 113 cm³/mol. The van der Waals surface area contributed by atoms with Gasteiger partial charge in [-0.15, -0.1) is 0 Å². The summed E-state index contributed by atoms with van der Waals surface area (Å²) in [7, 11) is 3.34. The lowest BCUT2D eigenvalue weighted by Gasteiger charge is -2.21. The summed E-state index contributed by atoms with van der Waals surface area (Å²) in [6, 6.07) is 9.51. The molecule has 0 spiro atoms. The Kier molecular flexibility index (Phi) is 6.63. The lowest BCUT2D eigenvalue weighted by molar-refractivity contribution is 0.311. The lowest BCUT2D eigenvalue weighted by Crippen LogP contribution is -2.30. The molecule has 6 nitrogen and oxygen atoms in total. The van der Waals surface area contributed by atoms with Gasteiger partial charge in [-0.05, 0) is 61.9 Å². The third-order valence-corrected chi connectivity index (χ3v) is 5.01. The fourth-order valence-corrected chi connectivity index (χ4v) is 3.60. The molecule has 6 heteroatoms. The number of phenols is 1. The van der Waals surface area contributed by atoms with Crippen LogP contribution in [0.3, 0.4) is 0 Å². The first-order valence-corrected chi connectivity index (χ1v) is 9.77. The lowest BCUT2D eigenvalue weighted by atomic mass is 9.88. The molecule has 1 aliphatic rings. The molecule has 0 heterocycles. The summed E-state index contributed by atoms with van der Waals surface area (Å²) < 4.78 is 11.0. The number of ether oxygens (including phenoxy) is 2. The molecule has 3 N–H and O–H groups in total. The highest BCUT2D eigenvalue weighted by Crippen LogP contribution is 2.31. The molecule has 2 aromatic rings. The Labute approximate surface area is 166 Å². The zero-order valence-corrected chi connectivity index (χ0v) is 16.8. The molecule has 0 atom stereocenters. The SMILES string of the molecule is CCOc1ccc(NC(=NC)NCc2c(O)ccc3c2CCCC3)cc1OC. The van der Waals surface area contributed by atoms with E-state index in [1.165, 1.54) is 24.0 Å². The Balaban J connectivity index is 1.71. The molecule has 28 heavy (non-hydrogen) atoms. The van der Waals surface area contributed by atoms with Crippen LogP contribution in [0.5, 0.6) is 17.2 Å². The van der Waals surface area contributed by atoms with Crippen LogP contribution in [-0.2, 0) is 19.4 Å². The van der Waals surface area contributed by atoms with Gasteiger partial charge in [-0.3, -0.25) is 4.99 Å². The highest BCUT2D eigenvalue weighted by molar-refractivity contribution is 5.93. The molecule has 3 rings (SSSR count). The van der Waals surface area contributed by atoms with Crippen LogP contribution in [0.15, 0.2) is 35.3 Å².